The molecule has 1 aromatic rings. The first-order valence-electron chi connectivity index (χ1n) is 7.74. The minimum absolute atomic E-state index is 0.0294. The van der Waals surface area contributed by atoms with Crippen LogP contribution in [-0.4, -0.2) is 30.8 Å². The fourth-order valence-corrected chi connectivity index (χ4v) is 2.26. The zero-order valence-corrected chi connectivity index (χ0v) is 14.1. The molecule has 24 heavy (non-hydrogen) atoms. The fourth-order valence-electron chi connectivity index (χ4n) is 2.26. The summed E-state index contributed by atoms with van der Waals surface area (Å²) in [6.45, 7) is 5.74. The molecule has 0 aliphatic carbocycles. The van der Waals surface area contributed by atoms with Crippen LogP contribution in [0.5, 0.6) is 5.75 Å². The number of carbonyl (C=O) groups excluding carboxylic acids is 2. The molecule has 0 atom stereocenters. The molecule has 2 rings (SSSR count). The van der Waals surface area contributed by atoms with Crippen molar-refractivity contribution in [3.05, 3.63) is 18.2 Å². The fraction of sp³-hybridized carbons (Fsp3) is 0.471. The van der Waals surface area contributed by atoms with Gasteiger partial charge in [0.25, 0.3) is 5.91 Å². The lowest BCUT2D eigenvalue weighted by atomic mass is 10.2. The van der Waals surface area contributed by atoms with Gasteiger partial charge in [-0.3, -0.25) is 10.1 Å². The van der Waals surface area contributed by atoms with Crippen LogP contribution < -0.4 is 15.0 Å². The Hall–Kier alpha value is -2.75. The molecule has 0 aromatic heterocycles. The Bertz CT molecular complexity index is 673. The monoisotopic (exact) mass is 331 g/mol. The standard InChI is InChI=1S/C17H21N3O4/c1-17(2,3)24-16(22)19-12-6-7-14-13(10-12)20(9-5-4-8-18)15(21)11-23-14/h6-7,10H,4-5,9,11H2,1-3H3,(H,19,22). The summed E-state index contributed by atoms with van der Waals surface area (Å²) in [4.78, 5) is 25.5. The minimum Gasteiger partial charge on any atom is -0.482 e. The molecular weight excluding hydrogens is 310 g/mol. The number of unbranched alkanes of at least 4 members (excludes halogenated alkanes) is 1. The second kappa shape index (κ2) is 7.21. The van der Waals surface area contributed by atoms with E-state index in [1.807, 2.05) is 0 Å². The van der Waals surface area contributed by atoms with Gasteiger partial charge in [0.15, 0.2) is 6.61 Å². The summed E-state index contributed by atoms with van der Waals surface area (Å²) in [5, 5.41) is 11.3. The molecule has 0 fully saturated rings. The number of rotatable bonds is 4. The molecule has 7 heteroatoms. The predicted molar refractivity (Wildman–Crippen MR) is 89.0 cm³/mol. The number of benzene rings is 1. The van der Waals surface area contributed by atoms with Crippen LogP contribution in [0.4, 0.5) is 16.2 Å². The Balaban J connectivity index is 2.16. The van der Waals surface area contributed by atoms with Crippen molar-refractivity contribution >= 4 is 23.4 Å². The van der Waals surface area contributed by atoms with Crippen molar-refractivity contribution in [2.24, 2.45) is 0 Å². The van der Waals surface area contributed by atoms with Crippen molar-refractivity contribution < 1.29 is 19.1 Å². The van der Waals surface area contributed by atoms with Crippen molar-refractivity contribution in [3.63, 3.8) is 0 Å². The highest BCUT2D eigenvalue weighted by Gasteiger charge is 2.26. The second-order valence-electron chi connectivity index (χ2n) is 6.41. The summed E-state index contributed by atoms with van der Waals surface area (Å²) in [6, 6.07) is 7.12. The summed E-state index contributed by atoms with van der Waals surface area (Å²) in [5.41, 5.74) is 0.491. The van der Waals surface area contributed by atoms with Crippen LogP contribution in [0.1, 0.15) is 33.6 Å². The number of hydrogen-bond donors (Lipinski definition) is 1. The van der Waals surface area contributed by atoms with Crippen molar-refractivity contribution in [1.29, 1.82) is 5.26 Å². The maximum atomic E-state index is 12.1. The largest absolute Gasteiger partial charge is 0.482 e. The van der Waals surface area contributed by atoms with Crippen LogP contribution in [-0.2, 0) is 9.53 Å². The van der Waals surface area contributed by atoms with Crippen LogP contribution in [0, 0.1) is 11.3 Å². The topological polar surface area (TPSA) is 91.7 Å². The number of anilines is 2. The number of nitrogens with zero attached hydrogens (tertiary/aromatic N) is 2. The summed E-state index contributed by atoms with van der Waals surface area (Å²) in [7, 11) is 0. The van der Waals surface area contributed by atoms with Crippen LogP contribution in [0.2, 0.25) is 0 Å². The smallest absolute Gasteiger partial charge is 0.412 e. The van der Waals surface area contributed by atoms with Gasteiger partial charge < -0.3 is 14.4 Å². The Labute approximate surface area is 141 Å². The van der Waals surface area contributed by atoms with E-state index < -0.39 is 11.7 Å². The number of amides is 2. The zero-order chi connectivity index (χ0) is 17.7. The van der Waals surface area contributed by atoms with Gasteiger partial charge in [-0.15, -0.1) is 0 Å². The van der Waals surface area contributed by atoms with Crippen LogP contribution >= 0.6 is 0 Å². The lowest BCUT2D eigenvalue weighted by Crippen LogP contribution is -2.39. The maximum Gasteiger partial charge on any atom is 0.412 e. The lowest BCUT2D eigenvalue weighted by molar-refractivity contribution is -0.121. The summed E-state index contributed by atoms with van der Waals surface area (Å²) in [6.07, 6.45) is 0.378. The summed E-state index contributed by atoms with van der Waals surface area (Å²) < 4.78 is 10.6. The van der Waals surface area contributed by atoms with E-state index in [1.165, 1.54) is 0 Å². The second-order valence-corrected chi connectivity index (χ2v) is 6.41. The molecule has 0 unspecified atom stereocenters. The maximum absolute atomic E-state index is 12.1. The van der Waals surface area contributed by atoms with Crippen molar-refractivity contribution in [2.75, 3.05) is 23.4 Å². The number of hydrogen-bond acceptors (Lipinski definition) is 5. The van der Waals surface area contributed by atoms with E-state index in [0.29, 0.717) is 36.5 Å². The van der Waals surface area contributed by atoms with E-state index >= 15 is 0 Å². The Kier molecular flexibility index (Phi) is 5.29. The third kappa shape index (κ3) is 4.62. The normalized spacial score (nSPS) is 13.6. The molecule has 1 heterocycles. The van der Waals surface area contributed by atoms with Gasteiger partial charge in [-0.1, -0.05) is 0 Å². The van der Waals surface area contributed by atoms with Crippen LogP contribution in [0.15, 0.2) is 18.2 Å². The van der Waals surface area contributed by atoms with Gasteiger partial charge in [0.2, 0.25) is 0 Å². The van der Waals surface area contributed by atoms with E-state index in [-0.39, 0.29) is 12.5 Å². The molecule has 128 valence electrons. The van der Waals surface area contributed by atoms with Gasteiger partial charge in [-0.05, 0) is 45.4 Å². The first-order valence-corrected chi connectivity index (χ1v) is 7.74. The first-order chi connectivity index (χ1) is 11.3. The van der Waals surface area contributed by atoms with Gasteiger partial charge in [-0.2, -0.15) is 5.26 Å². The van der Waals surface area contributed by atoms with Gasteiger partial charge in [0.1, 0.15) is 11.4 Å². The average molecular weight is 331 g/mol. The molecule has 0 bridgehead atoms. The van der Waals surface area contributed by atoms with Crippen LogP contribution in [0.3, 0.4) is 0 Å². The van der Waals surface area contributed by atoms with E-state index in [0.717, 1.165) is 0 Å². The summed E-state index contributed by atoms with van der Waals surface area (Å²) >= 11 is 0. The van der Waals surface area contributed by atoms with Gasteiger partial charge in [0.05, 0.1) is 11.8 Å². The van der Waals surface area contributed by atoms with E-state index in [9.17, 15) is 9.59 Å². The van der Waals surface area contributed by atoms with E-state index in [1.54, 1.807) is 43.9 Å². The quantitative estimate of drug-likeness (QED) is 0.856. The number of nitrogens with one attached hydrogen (secondary N) is 1. The predicted octanol–water partition coefficient (Wildman–Crippen LogP) is 3.06. The Morgan fingerprint density at radius 2 is 2.21 bits per heavy atom. The van der Waals surface area contributed by atoms with Crippen molar-refractivity contribution in [2.45, 2.75) is 39.2 Å². The highest BCUT2D eigenvalue weighted by Crippen LogP contribution is 2.34. The van der Waals surface area contributed by atoms with Gasteiger partial charge in [-0.25, -0.2) is 4.79 Å². The number of fused-ring (bicyclic) bond motifs is 1. The molecular formula is C17H21N3O4. The molecule has 1 aliphatic heterocycles. The molecule has 0 radical (unpaired) electrons. The number of carbonyl (C=O) groups is 2. The highest BCUT2D eigenvalue weighted by molar-refractivity contribution is 5.99. The average Bonchev–Trinajstić information content (AvgIpc) is 2.47. The number of ether oxygens (including phenoxy) is 2. The SMILES string of the molecule is CC(C)(C)OC(=O)Nc1ccc2c(c1)N(CCCC#N)C(=O)CO2. The molecule has 1 aliphatic rings. The van der Waals surface area contributed by atoms with Gasteiger partial charge in [0, 0.05) is 18.7 Å². The molecule has 0 saturated carbocycles. The first kappa shape index (κ1) is 17.6. The Morgan fingerprint density at radius 1 is 1.46 bits per heavy atom. The zero-order valence-electron chi connectivity index (χ0n) is 14.1. The molecule has 1 N–H and O–H groups in total. The molecule has 0 spiro atoms. The van der Waals surface area contributed by atoms with Crippen molar-refractivity contribution in [3.8, 4) is 11.8 Å². The van der Waals surface area contributed by atoms with E-state index in [4.69, 9.17) is 14.7 Å². The van der Waals surface area contributed by atoms with Crippen LogP contribution in [0.25, 0.3) is 0 Å². The summed E-state index contributed by atoms with van der Waals surface area (Å²) in [5.74, 6) is 0.399. The molecule has 7 nitrogen and oxygen atoms in total. The molecule has 2 amide bonds. The third-order valence-corrected chi connectivity index (χ3v) is 3.22. The van der Waals surface area contributed by atoms with Crippen molar-refractivity contribution in [1.82, 2.24) is 0 Å². The molecule has 1 aromatic carbocycles. The Morgan fingerprint density at radius 3 is 2.88 bits per heavy atom. The molecule has 0 saturated heterocycles. The van der Waals surface area contributed by atoms with E-state index in [2.05, 4.69) is 11.4 Å². The highest BCUT2D eigenvalue weighted by atomic mass is 16.6. The minimum atomic E-state index is -0.597. The lowest BCUT2D eigenvalue weighted by Gasteiger charge is -2.29. The van der Waals surface area contributed by atoms with Gasteiger partial charge >= 0.3 is 6.09 Å². The third-order valence-electron chi connectivity index (χ3n) is 3.22. The number of nitriles is 1.